The molecule has 0 radical (unpaired) electrons. The first-order chi connectivity index (χ1) is 9.70. The van der Waals surface area contributed by atoms with Crippen LogP contribution in [0, 0.1) is 0 Å². The highest BCUT2D eigenvalue weighted by atomic mass is 32.1. The number of carbonyl (C=O) groups is 1. The van der Waals surface area contributed by atoms with E-state index in [4.69, 9.17) is 0 Å². The fourth-order valence-corrected chi connectivity index (χ4v) is 2.61. The Morgan fingerprint density at radius 3 is 2.70 bits per heavy atom. The number of carbonyl (C=O) groups excluding carboxylic acids is 1. The van der Waals surface area contributed by atoms with Gasteiger partial charge in [0.1, 0.15) is 0 Å². The predicted molar refractivity (Wildman–Crippen MR) is 82.1 cm³/mol. The van der Waals surface area contributed by atoms with Gasteiger partial charge in [-0.2, -0.15) is 0 Å². The van der Waals surface area contributed by atoms with Crippen molar-refractivity contribution in [2.45, 2.75) is 19.4 Å². The molecule has 1 atom stereocenters. The third-order valence-electron chi connectivity index (χ3n) is 3.10. The monoisotopic (exact) mass is 289 g/mol. The summed E-state index contributed by atoms with van der Waals surface area (Å²) in [6, 6.07) is 7.65. The maximum absolute atomic E-state index is 11.4. The Labute approximate surface area is 123 Å². The van der Waals surface area contributed by atoms with Crippen molar-refractivity contribution < 1.29 is 4.79 Å². The first-order valence-corrected chi connectivity index (χ1v) is 7.50. The molecule has 1 heterocycles. The summed E-state index contributed by atoms with van der Waals surface area (Å²) >= 11 is 1.69. The number of aromatic nitrogens is 1. The van der Waals surface area contributed by atoms with Gasteiger partial charge in [-0.05, 0) is 17.7 Å². The highest BCUT2D eigenvalue weighted by molar-refractivity contribution is 7.09. The lowest BCUT2D eigenvalue weighted by Gasteiger charge is -2.10. The zero-order valence-electron chi connectivity index (χ0n) is 11.7. The molecule has 0 aliphatic carbocycles. The van der Waals surface area contributed by atoms with Gasteiger partial charge >= 0.3 is 0 Å². The Kier molecular flexibility index (Phi) is 5.26. The molecule has 0 spiro atoms. The zero-order chi connectivity index (χ0) is 14.4. The average Bonchev–Trinajstić information content (AvgIpc) is 3.01. The van der Waals surface area contributed by atoms with Gasteiger partial charge in [-0.3, -0.25) is 4.79 Å². The number of hydrogen-bond donors (Lipinski definition) is 2. The van der Waals surface area contributed by atoms with Crippen molar-refractivity contribution in [3.8, 4) is 0 Å². The van der Waals surface area contributed by atoms with Crippen LogP contribution in [0.15, 0.2) is 35.8 Å². The van der Waals surface area contributed by atoms with Crippen LogP contribution in [0.4, 0.5) is 0 Å². The lowest BCUT2D eigenvalue weighted by atomic mass is 10.1. The number of nitrogens with one attached hydrogen (secondary N) is 2. The van der Waals surface area contributed by atoms with E-state index >= 15 is 0 Å². The van der Waals surface area contributed by atoms with Gasteiger partial charge in [0, 0.05) is 43.2 Å². The van der Waals surface area contributed by atoms with Crippen molar-refractivity contribution >= 4 is 17.2 Å². The van der Waals surface area contributed by atoms with E-state index in [0.29, 0.717) is 11.5 Å². The van der Waals surface area contributed by atoms with Crippen molar-refractivity contribution in [2.24, 2.45) is 0 Å². The molecule has 1 aromatic heterocycles. The number of benzene rings is 1. The lowest BCUT2D eigenvalue weighted by molar-refractivity contribution is 0.0963. The molecule has 4 nitrogen and oxygen atoms in total. The summed E-state index contributed by atoms with van der Waals surface area (Å²) in [5.74, 6) is 0.363. The molecule has 106 valence electrons. The molecule has 2 N–H and O–H groups in total. The Morgan fingerprint density at radius 2 is 2.10 bits per heavy atom. The molecule has 1 aromatic carbocycles. The maximum atomic E-state index is 11.4. The minimum absolute atomic E-state index is 0.0538. The molecular formula is C15H19N3OS. The van der Waals surface area contributed by atoms with E-state index in [0.717, 1.165) is 18.1 Å². The first-order valence-electron chi connectivity index (χ1n) is 6.62. The Balaban J connectivity index is 1.81. The van der Waals surface area contributed by atoms with Crippen LogP contribution in [0.3, 0.4) is 0 Å². The molecule has 1 amide bonds. The fourth-order valence-electron chi connectivity index (χ4n) is 1.92. The molecule has 2 aromatic rings. The SMILES string of the molecule is CNC(=O)c1ccc(CNCC(C)c2nccs2)cc1. The minimum atomic E-state index is -0.0538. The molecule has 0 aliphatic rings. The maximum Gasteiger partial charge on any atom is 0.251 e. The van der Waals surface area contributed by atoms with E-state index in [-0.39, 0.29) is 5.91 Å². The van der Waals surface area contributed by atoms with Gasteiger partial charge in [0.05, 0.1) is 5.01 Å². The van der Waals surface area contributed by atoms with E-state index in [1.807, 2.05) is 35.8 Å². The van der Waals surface area contributed by atoms with Crippen molar-refractivity contribution in [1.82, 2.24) is 15.6 Å². The smallest absolute Gasteiger partial charge is 0.251 e. The molecule has 0 saturated heterocycles. The van der Waals surface area contributed by atoms with Crippen molar-refractivity contribution in [3.63, 3.8) is 0 Å². The summed E-state index contributed by atoms with van der Waals surface area (Å²) in [6.45, 7) is 3.86. The molecule has 0 aliphatic heterocycles. The van der Waals surface area contributed by atoms with Gasteiger partial charge in [-0.1, -0.05) is 19.1 Å². The second-order valence-electron chi connectivity index (χ2n) is 4.68. The molecule has 20 heavy (non-hydrogen) atoms. The summed E-state index contributed by atoms with van der Waals surface area (Å²) in [6.07, 6.45) is 1.84. The van der Waals surface area contributed by atoms with E-state index in [1.165, 1.54) is 5.56 Å². The second-order valence-corrected chi connectivity index (χ2v) is 5.60. The lowest BCUT2D eigenvalue weighted by Crippen LogP contribution is -2.20. The van der Waals surface area contributed by atoms with Gasteiger partial charge in [0.15, 0.2) is 0 Å². The molecule has 0 saturated carbocycles. The van der Waals surface area contributed by atoms with Crippen LogP contribution < -0.4 is 10.6 Å². The van der Waals surface area contributed by atoms with Gasteiger partial charge in [0.25, 0.3) is 5.91 Å². The molecule has 0 fully saturated rings. The second kappa shape index (κ2) is 7.17. The van der Waals surface area contributed by atoms with Crippen molar-refractivity contribution in [2.75, 3.05) is 13.6 Å². The van der Waals surface area contributed by atoms with Crippen LogP contribution in [0.1, 0.15) is 33.8 Å². The highest BCUT2D eigenvalue weighted by Gasteiger charge is 2.07. The third-order valence-corrected chi connectivity index (χ3v) is 4.10. The number of rotatable bonds is 6. The molecule has 2 rings (SSSR count). The van der Waals surface area contributed by atoms with E-state index < -0.39 is 0 Å². The Morgan fingerprint density at radius 1 is 1.35 bits per heavy atom. The number of thiazole rings is 1. The molecule has 5 heteroatoms. The van der Waals surface area contributed by atoms with Crippen LogP contribution in [0.25, 0.3) is 0 Å². The Hall–Kier alpha value is -1.72. The number of amides is 1. The summed E-state index contributed by atoms with van der Waals surface area (Å²) in [4.78, 5) is 15.7. The number of hydrogen-bond acceptors (Lipinski definition) is 4. The largest absolute Gasteiger partial charge is 0.355 e. The van der Waals surface area contributed by atoms with Crippen LogP contribution in [0.2, 0.25) is 0 Å². The standard InChI is InChI=1S/C15H19N3OS/c1-11(15-18-7-8-20-15)9-17-10-12-3-5-13(6-4-12)14(19)16-2/h3-8,11,17H,9-10H2,1-2H3,(H,16,19). The van der Waals surface area contributed by atoms with Crippen LogP contribution in [-0.4, -0.2) is 24.5 Å². The first kappa shape index (κ1) is 14.7. The van der Waals surface area contributed by atoms with Crippen LogP contribution in [0.5, 0.6) is 0 Å². The Bertz CT molecular complexity index is 537. The summed E-state index contributed by atoms with van der Waals surface area (Å²) in [5, 5.41) is 9.20. The predicted octanol–water partition coefficient (Wildman–Crippen LogP) is 2.40. The number of nitrogens with zero attached hydrogens (tertiary/aromatic N) is 1. The van der Waals surface area contributed by atoms with Crippen LogP contribution >= 0.6 is 11.3 Å². The van der Waals surface area contributed by atoms with E-state index in [9.17, 15) is 4.79 Å². The van der Waals surface area contributed by atoms with E-state index in [1.54, 1.807) is 18.4 Å². The van der Waals surface area contributed by atoms with Crippen molar-refractivity contribution in [1.29, 1.82) is 0 Å². The minimum Gasteiger partial charge on any atom is -0.355 e. The fraction of sp³-hybridized carbons (Fsp3) is 0.333. The molecule has 1 unspecified atom stereocenters. The van der Waals surface area contributed by atoms with Gasteiger partial charge in [-0.25, -0.2) is 4.98 Å². The molecule has 0 bridgehead atoms. The van der Waals surface area contributed by atoms with E-state index in [2.05, 4.69) is 22.5 Å². The molecular weight excluding hydrogens is 270 g/mol. The van der Waals surface area contributed by atoms with Crippen LogP contribution in [-0.2, 0) is 6.54 Å². The summed E-state index contributed by atoms with van der Waals surface area (Å²) < 4.78 is 0. The zero-order valence-corrected chi connectivity index (χ0v) is 12.5. The van der Waals surface area contributed by atoms with Gasteiger partial charge in [0.2, 0.25) is 0 Å². The third kappa shape index (κ3) is 3.88. The normalized spacial score (nSPS) is 12.1. The quantitative estimate of drug-likeness (QED) is 0.858. The van der Waals surface area contributed by atoms with Crippen molar-refractivity contribution in [3.05, 3.63) is 52.0 Å². The average molecular weight is 289 g/mol. The highest BCUT2D eigenvalue weighted by Crippen LogP contribution is 2.16. The van der Waals surface area contributed by atoms with Gasteiger partial charge < -0.3 is 10.6 Å². The summed E-state index contributed by atoms with van der Waals surface area (Å²) in [7, 11) is 1.64. The topological polar surface area (TPSA) is 54.0 Å². The van der Waals surface area contributed by atoms with Gasteiger partial charge in [-0.15, -0.1) is 11.3 Å². The summed E-state index contributed by atoms with van der Waals surface area (Å²) in [5.41, 5.74) is 1.86.